The van der Waals surface area contributed by atoms with Crippen molar-refractivity contribution in [2.45, 2.75) is 31.8 Å². The number of hydrogen-bond donors (Lipinski definition) is 2. The highest BCUT2D eigenvalue weighted by atomic mass is 19.1. The van der Waals surface area contributed by atoms with Gasteiger partial charge in [-0.15, -0.1) is 6.42 Å². The van der Waals surface area contributed by atoms with Crippen LogP contribution < -0.4 is 5.32 Å². The second-order valence-electron chi connectivity index (χ2n) is 10.6. The smallest absolute Gasteiger partial charge is 0.334 e. The first kappa shape index (κ1) is 30.5. The molecule has 0 spiro atoms. The van der Waals surface area contributed by atoms with Crippen LogP contribution in [0.5, 0.6) is 5.75 Å². The van der Waals surface area contributed by atoms with E-state index in [1.165, 1.54) is 39.2 Å². The Labute approximate surface area is 255 Å². The summed E-state index contributed by atoms with van der Waals surface area (Å²) in [6, 6.07) is 20.5. The molecule has 3 aromatic carbocycles. The van der Waals surface area contributed by atoms with Crippen molar-refractivity contribution in [2.24, 2.45) is 0 Å². The number of urea groups is 1. The number of halogens is 1. The number of carbonyl (C=O) groups excluding carboxylic acids is 3. The van der Waals surface area contributed by atoms with Gasteiger partial charge in [0.05, 0.1) is 32.8 Å². The van der Waals surface area contributed by atoms with Crippen LogP contribution in [0.2, 0.25) is 0 Å². The van der Waals surface area contributed by atoms with Gasteiger partial charge in [-0.3, -0.25) is 9.59 Å². The lowest BCUT2D eigenvalue weighted by molar-refractivity contribution is -0.189. The van der Waals surface area contributed by atoms with Crippen LogP contribution in [0.3, 0.4) is 0 Å². The van der Waals surface area contributed by atoms with E-state index in [0.29, 0.717) is 0 Å². The Bertz CT molecular complexity index is 1500. The van der Waals surface area contributed by atoms with Gasteiger partial charge in [-0.1, -0.05) is 60.5 Å². The highest BCUT2D eigenvalue weighted by molar-refractivity contribution is 5.91. The zero-order valence-electron chi connectivity index (χ0n) is 24.1. The Morgan fingerprint density at radius 2 is 1.70 bits per heavy atom. The number of rotatable bonds is 10. The van der Waals surface area contributed by atoms with Crippen LogP contribution in [0.1, 0.15) is 16.7 Å². The first-order valence-corrected chi connectivity index (χ1v) is 14.3. The molecule has 11 heteroatoms. The minimum Gasteiger partial charge on any atom is -0.508 e. The van der Waals surface area contributed by atoms with E-state index in [4.69, 9.17) is 11.2 Å². The van der Waals surface area contributed by atoms with Crippen LogP contribution in [0.4, 0.5) is 9.18 Å². The van der Waals surface area contributed by atoms with E-state index in [1.54, 1.807) is 29.2 Å². The van der Waals surface area contributed by atoms with Crippen LogP contribution >= 0.6 is 0 Å². The molecule has 0 bridgehead atoms. The normalized spacial score (nSPS) is 18.6. The molecule has 2 aliphatic rings. The van der Waals surface area contributed by atoms with Gasteiger partial charge in [-0.2, -0.15) is 5.01 Å². The number of hydrogen-bond acceptors (Lipinski definition) is 6. The molecule has 2 N–H and O–H groups in total. The molecule has 10 nitrogen and oxygen atoms in total. The molecule has 0 saturated carbocycles. The molecule has 2 saturated heterocycles. The van der Waals surface area contributed by atoms with Gasteiger partial charge in [0.1, 0.15) is 23.8 Å². The minimum atomic E-state index is -0.902. The van der Waals surface area contributed by atoms with E-state index in [9.17, 15) is 23.9 Å². The first-order valence-electron chi connectivity index (χ1n) is 14.3. The number of terminal acetylenes is 1. The van der Waals surface area contributed by atoms with Crippen LogP contribution in [-0.2, 0) is 33.9 Å². The van der Waals surface area contributed by atoms with Gasteiger partial charge in [0.2, 0.25) is 11.8 Å². The summed E-state index contributed by atoms with van der Waals surface area (Å²) in [6.45, 7) is 0.792. The highest BCUT2D eigenvalue weighted by Gasteiger charge is 2.51. The highest BCUT2D eigenvalue weighted by Crippen LogP contribution is 2.28. The summed E-state index contributed by atoms with van der Waals surface area (Å²) < 4.78 is 19.1. The average molecular weight is 600 g/mol. The van der Waals surface area contributed by atoms with Crippen molar-refractivity contribution in [3.05, 3.63) is 101 Å². The standard InChI is InChI=1S/C33H34FN5O5/c1-2-16-37-22-31(41)38-29(19-24-10-14-28(40)15-11-24)32(42)36(17-18-44-23-26-8-12-27(34)13-9-26)21-30(38)39(37)33(43)35-20-25-6-4-3-5-7-25/h1,3-15,29-30,40H,16-23H2,(H,35,43). The van der Waals surface area contributed by atoms with Gasteiger partial charge in [-0.05, 0) is 41.0 Å². The number of nitrogens with zero attached hydrogens (tertiary/aromatic N) is 4. The molecule has 5 rings (SSSR count). The van der Waals surface area contributed by atoms with Crippen LogP contribution in [0.15, 0.2) is 78.9 Å². The number of phenolic OH excluding ortho intramolecular Hbond substituents is 1. The van der Waals surface area contributed by atoms with Gasteiger partial charge < -0.3 is 25.0 Å². The Morgan fingerprint density at radius 3 is 2.41 bits per heavy atom. The predicted molar refractivity (Wildman–Crippen MR) is 160 cm³/mol. The molecule has 2 atom stereocenters. The second-order valence-corrected chi connectivity index (χ2v) is 10.6. The number of benzene rings is 3. The molecule has 228 valence electrons. The lowest BCUT2D eigenvalue weighted by atomic mass is 9.98. The van der Waals surface area contributed by atoms with Crippen molar-refractivity contribution in [1.29, 1.82) is 0 Å². The number of hydrazine groups is 1. The topological polar surface area (TPSA) is 106 Å². The molecule has 2 aliphatic heterocycles. The first-order chi connectivity index (χ1) is 21.3. The summed E-state index contributed by atoms with van der Waals surface area (Å²) in [4.78, 5) is 44.3. The SMILES string of the molecule is C#CCN1CC(=O)N2C(Cc3ccc(O)cc3)C(=O)N(CCOCc3ccc(F)cc3)CC2N1C(=O)NCc1ccccc1. The molecule has 4 amide bonds. The second kappa shape index (κ2) is 14.0. The number of fused-ring (bicyclic) bond motifs is 1. The maximum absolute atomic E-state index is 13.9. The molecule has 0 aliphatic carbocycles. The maximum atomic E-state index is 13.9. The third kappa shape index (κ3) is 7.16. The summed E-state index contributed by atoms with van der Waals surface area (Å²) in [7, 11) is 0. The summed E-state index contributed by atoms with van der Waals surface area (Å²) in [5.41, 5.74) is 2.43. The fourth-order valence-electron chi connectivity index (χ4n) is 5.49. The van der Waals surface area contributed by atoms with E-state index in [0.717, 1.165) is 16.7 Å². The molecule has 2 unspecified atom stereocenters. The largest absolute Gasteiger partial charge is 0.508 e. The molecule has 0 aromatic heterocycles. The minimum absolute atomic E-state index is 0.0200. The van der Waals surface area contributed by atoms with Gasteiger partial charge in [0.25, 0.3) is 0 Å². The number of phenols is 1. The van der Waals surface area contributed by atoms with Gasteiger partial charge in [0, 0.05) is 19.5 Å². The average Bonchev–Trinajstić information content (AvgIpc) is 3.02. The number of ether oxygens (including phenoxy) is 1. The molecule has 2 heterocycles. The monoisotopic (exact) mass is 599 g/mol. The molecule has 3 aromatic rings. The molecule has 0 radical (unpaired) electrons. The van der Waals surface area contributed by atoms with Gasteiger partial charge >= 0.3 is 6.03 Å². The fraction of sp³-hybridized carbons (Fsp3) is 0.303. The van der Waals surface area contributed by atoms with Crippen molar-refractivity contribution in [3.8, 4) is 18.1 Å². The van der Waals surface area contributed by atoms with E-state index in [1.807, 2.05) is 30.3 Å². The van der Waals surface area contributed by atoms with E-state index >= 15 is 0 Å². The molecular weight excluding hydrogens is 565 g/mol. The lowest BCUT2D eigenvalue weighted by Crippen LogP contribution is -2.76. The third-order valence-electron chi connectivity index (χ3n) is 7.65. The number of nitrogens with one attached hydrogen (secondary N) is 1. The number of aromatic hydroxyl groups is 1. The van der Waals surface area contributed by atoms with Crippen LogP contribution in [0.25, 0.3) is 0 Å². The number of amides is 4. The Balaban J connectivity index is 1.39. The fourth-order valence-corrected chi connectivity index (χ4v) is 5.49. The molecule has 44 heavy (non-hydrogen) atoms. The van der Waals surface area contributed by atoms with Crippen molar-refractivity contribution >= 4 is 17.8 Å². The van der Waals surface area contributed by atoms with Crippen molar-refractivity contribution in [1.82, 2.24) is 25.1 Å². The Kier molecular flexibility index (Phi) is 9.74. The Hall–Kier alpha value is -4.92. The number of piperazine rings is 1. The Morgan fingerprint density at radius 1 is 1.00 bits per heavy atom. The summed E-state index contributed by atoms with van der Waals surface area (Å²) in [6.07, 6.45) is 4.99. The molecule has 2 fully saturated rings. The van der Waals surface area contributed by atoms with E-state index in [-0.39, 0.29) is 75.7 Å². The zero-order chi connectivity index (χ0) is 31.1. The lowest BCUT2D eigenvalue weighted by Gasteiger charge is -2.54. The third-order valence-corrected chi connectivity index (χ3v) is 7.65. The van der Waals surface area contributed by atoms with Gasteiger partial charge in [0.15, 0.2) is 0 Å². The van der Waals surface area contributed by atoms with E-state index < -0.39 is 18.2 Å². The predicted octanol–water partition coefficient (Wildman–Crippen LogP) is 2.73. The van der Waals surface area contributed by atoms with E-state index in [2.05, 4.69) is 11.2 Å². The summed E-state index contributed by atoms with van der Waals surface area (Å²) in [5.74, 6) is 1.69. The number of carbonyl (C=O) groups is 3. The van der Waals surface area contributed by atoms with Crippen LogP contribution in [0, 0.1) is 18.2 Å². The quantitative estimate of drug-likeness (QED) is 0.274. The van der Waals surface area contributed by atoms with Gasteiger partial charge in [-0.25, -0.2) is 14.2 Å². The zero-order valence-corrected chi connectivity index (χ0v) is 24.1. The van der Waals surface area contributed by atoms with Crippen LogP contribution in [-0.4, -0.2) is 87.8 Å². The van der Waals surface area contributed by atoms with Crippen molar-refractivity contribution in [2.75, 3.05) is 32.8 Å². The summed E-state index contributed by atoms with van der Waals surface area (Å²) >= 11 is 0. The van der Waals surface area contributed by atoms with Crippen molar-refractivity contribution < 1.29 is 28.6 Å². The maximum Gasteiger partial charge on any atom is 0.334 e. The molecular formula is C33H34FN5O5. The van der Waals surface area contributed by atoms with Crippen molar-refractivity contribution in [3.63, 3.8) is 0 Å². The summed E-state index contributed by atoms with van der Waals surface area (Å²) in [5, 5.41) is 15.7.